The second-order valence-corrected chi connectivity index (χ2v) is 6.83. The number of hydrogen-bond donors (Lipinski definition) is 1. The Morgan fingerprint density at radius 2 is 1.96 bits per heavy atom. The molecule has 136 valence electrons. The lowest BCUT2D eigenvalue weighted by atomic mass is 10.1. The molecule has 1 aliphatic rings. The van der Waals surface area contributed by atoms with Gasteiger partial charge in [-0.2, -0.15) is 5.10 Å². The van der Waals surface area contributed by atoms with Gasteiger partial charge in [0.2, 0.25) is 0 Å². The van der Waals surface area contributed by atoms with Crippen molar-refractivity contribution in [2.45, 2.75) is 46.2 Å². The number of hydrogen-bond acceptors (Lipinski definition) is 4. The molecule has 1 aromatic heterocycles. The van der Waals surface area contributed by atoms with Crippen molar-refractivity contribution in [2.75, 3.05) is 20.3 Å². The van der Waals surface area contributed by atoms with E-state index in [-0.39, 0.29) is 0 Å². The van der Waals surface area contributed by atoms with Gasteiger partial charge in [0, 0.05) is 18.8 Å². The molecular weight excluding hydrogens is 338 g/mol. The third-order valence-corrected chi connectivity index (χ3v) is 4.70. The molecular formula is C19H26ClN3O2. The molecule has 0 unspecified atom stereocenters. The molecule has 1 N–H and O–H groups in total. The first-order valence-electron chi connectivity index (χ1n) is 8.93. The smallest absolute Gasteiger partial charge is 0.179 e. The number of aryl methyl sites for hydroxylation is 1. The van der Waals surface area contributed by atoms with Crippen molar-refractivity contribution in [1.82, 2.24) is 15.1 Å². The van der Waals surface area contributed by atoms with Crippen molar-refractivity contribution >= 4 is 11.6 Å². The average molecular weight is 364 g/mol. The first-order valence-corrected chi connectivity index (χ1v) is 9.31. The highest BCUT2D eigenvalue weighted by atomic mass is 35.5. The van der Waals surface area contributed by atoms with Gasteiger partial charge in [0.15, 0.2) is 11.5 Å². The number of rotatable bonds is 8. The summed E-state index contributed by atoms with van der Waals surface area (Å²) < 4.78 is 11.3. The Balaban J connectivity index is 1.72. The fourth-order valence-electron chi connectivity index (χ4n) is 3.40. The van der Waals surface area contributed by atoms with E-state index in [9.17, 15) is 0 Å². The molecule has 0 radical (unpaired) electrons. The average Bonchev–Trinajstić information content (AvgIpc) is 3.16. The van der Waals surface area contributed by atoms with Crippen LogP contribution in [0, 0.1) is 0 Å². The van der Waals surface area contributed by atoms with E-state index in [0.29, 0.717) is 29.7 Å². The number of ether oxygens (including phenoxy) is 2. The molecule has 0 atom stereocenters. The molecule has 2 aromatic rings. The van der Waals surface area contributed by atoms with Crippen molar-refractivity contribution in [3.63, 3.8) is 0 Å². The molecule has 0 amide bonds. The Kier molecular flexibility index (Phi) is 5.86. The highest BCUT2D eigenvalue weighted by Crippen LogP contribution is 2.37. The lowest BCUT2D eigenvalue weighted by Gasteiger charge is -2.19. The summed E-state index contributed by atoms with van der Waals surface area (Å²) in [4.78, 5) is 2.25. The Morgan fingerprint density at radius 3 is 2.72 bits per heavy atom. The number of aromatic amines is 1. The third-order valence-electron chi connectivity index (χ3n) is 4.42. The van der Waals surface area contributed by atoms with E-state index in [0.717, 1.165) is 37.2 Å². The molecule has 0 fully saturated rings. The van der Waals surface area contributed by atoms with Crippen LogP contribution in [0.3, 0.4) is 0 Å². The van der Waals surface area contributed by atoms with Crippen LogP contribution in [0.4, 0.5) is 0 Å². The van der Waals surface area contributed by atoms with Crippen molar-refractivity contribution < 1.29 is 9.47 Å². The Labute approximate surface area is 154 Å². The fourth-order valence-corrected chi connectivity index (χ4v) is 3.69. The molecule has 0 bridgehead atoms. The highest BCUT2D eigenvalue weighted by Gasteiger charge is 2.19. The summed E-state index contributed by atoms with van der Waals surface area (Å²) in [5.41, 5.74) is 4.99. The van der Waals surface area contributed by atoms with Crippen LogP contribution in [0.2, 0.25) is 5.02 Å². The van der Waals surface area contributed by atoms with Gasteiger partial charge in [-0.15, -0.1) is 0 Å². The minimum atomic E-state index is 0.559. The first kappa shape index (κ1) is 18.1. The van der Waals surface area contributed by atoms with E-state index in [4.69, 9.17) is 21.1 Å². The fraction of sp³-hybridized carbons (Fsp3) is 0.526. The summed E-state index contributed by atoms with van der Waals surface area (Å²) >= 11 is 6.41. The predicted molar refractivity (Wildman–Crippen MR) is 99.6 cm³/mol. The third kappa shape index (κ3) is 4.10. The largest absolute Gasteiger partial charge is 0.490 e. The molecule has 0 aliphatic heterocycles. The Hall–Kier alpha value is -1.72. The number of nitrogens with zero attached hydrogens (tertiary/aromatic N) is 2. The zero-order chi connectivity index (χ0) is 17.8. The summed E-state index contributed by atoms with van der Waals surface area (Å²) in [6.07, 6.45) is 3.49. The lowest BCUT2D eigenvalue weighted by molar-refractivity contribution is 0.285. The molecule has 25 heavy (non-hydrogen) atoms. The summed E-state index contributed by atoms with van der Waals surface area (Å²) in [7, 11) is 2.10. The molecule has 5 nitrogen and oxygen atoms in total. The normalized spacial score (nSPS) is 13.3. The summed E-state index contributed by atoms with van der Waals surface area (Å²) in [6.45, 7) is 6.63. The molecule has 1 aliphatic carbocycles. The first-order chi connectivity index (χ1) is 12.1. The van der Waals surface area contributed by atoms with E-state index < -0.39 is 0 Å². The monoisotopic (exact) mass is 363 g/mol. The second kappa shape index (κ2) is 8.11. The second-order valence-electron chi connectivity index (χ2n) is 6.42. The molecule has 0 saturated carbocycles. The maximum absolute atomic E-state index is 6.41. The molecule has 1 aromatic carbocycles. The summed E-state index contributed by atoms with van der Waals surface area (Å²) in [5, 5.41) is 8.26. The van der Waals surface area contributed by atoms with Gasteiger partial charge in [-0.1, -0.05) is 11.6 Å². The number of fused-ring (bicyclic) bond motifs is 1. The van der Waals surface area contributed by atoms with Gasteiger partial charge in [0.1, 0.15) is 0 Å². The maximum atomic E-state index is 6.41. The van der Waals surface area contributed by atoms with E-state index >= 15 is 0 Å². The number of benzene rings is 1. The van der Waals surface area contributed by atoms with Crippen LogP contribution in [0.15, 0.2) is 12.1 Å². The van der Waals surface area contributed by atoms with Crippen LogP contribution in [-0.4, -0.2) is 35.4 Å². The van der Waals surface area contributed by atoms with Crippen LogP contribution in [-0.2, 0) is 25.9 Å². The Morgan fingerprint density at radius 1 is 1.16 bits per heavy atom. The van der Waals surface area contributed by atoms with Gasteiger partial charge >= 0.3 is 0 Å². The quantitative estimate of drug-likeness (QED) is 0.770. The molecule has 6 heteroatoms. The maximum Gasteiger partial charge on any atom is 0.179 e. The number of aromatic nitrogens is 2. The van der Waals surface area contributed by atoms with Crippen molar-refractivity contribution in [3.05, 3.63) is 39.7 Å². The number of nitrogens with one attached hydrogen (secondary N) is 1. The van der Waals surface area contributed by atoms with Gasteiger partial charge in [0.05, 0.1) is 23.9 Å². The summed E-state index contributed by atoms with van der Waals surface area (Å²) in [6, 6.07) is 3.98. The van der Waals surface area contributed by atoms with E-state index in [1.807, 2.05) is 26.0 Å². The number of halogens is 1. The van der Waals surface area contributed by atoms with Gasteiger partial charge in [-0.3, -0.25) is 10.00 Å². The van der Waals surface area contributed by atoms with Crippen LogP contribution >= 0.6 is 11.6 Å². The SMILES string of the molecule is CCOc1cc(CN(C)Cc2n[nH]c3c2CCC3)cc(Cl)c1OCC. The predicted octanol–water partition coefficient (Wildman–Crippen LogP) is 3.98. The zero-order valence-electron chi connectivity index (χ0n) is 15.2. The zero-order valence-corrected chi connectivity index (χ0v) is 15.9. The highest BCUT2D eigenvalue weighted by molar-refractivity contribution is 6.32. The van der Waals surface area contributed by atoms with Gasteiger partial charge in [-0.25, -0.2) is 0 Å². The van der Waals surface area contributed by atoms with E-state index in [1.54, 1.807) is 0 Å². The van der Waals surface area contributed by atoms with Gasteiger partial charge < -0.3 is 9.47 Å². The van der Waals surface area contributed by atoms with E-state index in [1.165, 1.54) is 17.7 Å². The number of H-pyrrole nitrogens is 1. The van der Waals surface area contributed by atoms with Gasteiger partial charge in [-0.05, 0) is 63.4 Å². The van der Waals surface area contributed by atoms with Crippen molar-refractivity contribution in [2.24, 2.45) is 0 Å². The van der Waals surface area contributed by atoms with Crippen molar-refractivity contribution in [3.8, 4) is 11.5 Å². The standard InChI is InChI=1S/C19H26ClN3O2/c1-4-24-18-10-13(9-15(20)19(18)25-5-2)11-23(3)12-17-14-7-6-8-16(14)21-22-17/h9-10H,4-8,11-12H2,1-3H3,(H,21,22). The van der Waals surface area contributed by atoms with Crippen LogP contribution < -0.4 is 9.47 Å². The molecule has 1 heterocycles. The lowest BCUT2D eigenvalue weighted by Crippen LogP contribution is -2.18. The molecule has 0 saturated heterocycles. The Bertz CT molecular complexity index is 730. The summed E-state index contributed by atoms with van der Waals surface area (Å²) in [5.74, 6) is 1.34. The molecule has 0 spiro atoms. The van der Waals surface area contributed by atoms with Crippen LogP contribution in [0.1, 0.15) is 42.8 Å². The topological polar surface area (TPSA) is 50.4 Å². The minimum absolute atomic E-state index is 0.559. The molecule has 3 rings (SSSR count). The van der Waals surface area contributed by atoms with Crippen LogP contribution in [0.25, 0.3) is 0 Å². The minimum Gasteiger partial charge on any atom is -0.490 e. The van der Waals surface area contributed by atoms with Crippen LogP contribution in [0.5, 0.6) is 11.5 Å². The van der Waals surface area contributed by atoms with Gasteiger partial charge in [0.25, 0.3) is 0 Å². The van der Waals surface area contributed by atoms with E-state index in [2.05, 4.69) is 22.1 Å². The van der Waals surface area contributed by atoms with Crippen molar-refractivity contribution in [1.29, 1.82) is 0 Å².